The van der Waals surface area contributed by atoms with E-state index in [9.17, 15) is 20.1 Å². The van der Waals surface area contributed by atoms with Gasteiger partial charge in [-0.25, -0.2) is 0 Å². The normalized spacial score (nSPS) is 25.3. The van der Waals surface area contributed by atoms with Crippen LogP contribution < -0.4 is 4.74 Å². The van der Waals surface area contributed by atoms with Gasteiger partial charge < -0.3 is 24.8 Å². The summed E-state index contributed by atoms with van der Waals surface area (Å²) in [4.78, 5) is 12.4. The van der Waals surface area contributed by atoms with Crippen molar-refractivity contribution >= 4 is 5.78 Å². The van der Waals surface area contributed by atoms with Crippen molar-refractivity contribution in [3.8, 4) is 11.8 Å². The number of aliphatic hydroxyl groups excluding tert-OH is 3. The summed E-state index contributed by atoms with van der Waals surface area (Å²) in [5, 5.41) is 38.1. The molecule has 0 amide bonds. The first kappa shape index (κ1) is 18.0. The van der Waals surface area contributed by atoms with Crippen molar-refractivity contribution < 1.29 is 29.6 Å². The van der Waals surface area contributed by atoms with E-state index in [1.165, 1.54) is 12.1 Å². The molecule has 7 heteroatoms. The van der Waals surface area contributed by atoms with Gasteiger partial charge in [-0.15, -0.1) is 0 Å². The van der Waals surface area contributed by atoms with Gasteiger partial charge in [-0.1, -0.05) is 0 Å². The van der Waals surface area contributed by atoms with Crippen molar-refractivity contribution in [3.63, 3.8) is 0 Å². The number of carbonyl (C=O) groups excluding carboxylic acids is 1. The molecule has 26 heavy (non-hydrogen) atoms. The van der Waals surface area contributed by atoms with E-state index < -0.39 is 24.6 Å². The number of rotatable bonds is 4. The van der Waals surface area contributed by atoms with Crippen LogP contribution in [0.1, 0.15) is 21.5 Å². The van der Waals surface area contributed by atoms with E-state index in [4.69, 9.17) is 14.7 Å². The third-order valence-corrected chi connectivity index (χ3v) is 4.11. The number of benzene rings is 2. The number of hydrogen-bond acceptors (Lipinski definition) is 7. The minimum absolute atomic E-state index is 0.180. The maximum Gasteiger partial charge on any atom is 0.195 e. The molecule has 0 radical (unpaired) electrons. The Balaban J connectivity index is 1.71. The summed E-state index contributed by atoms with van der Waals surface area (Å²) in [6, 6.07) is 14.5. The minimum atomic E-state index is -1.37. The molecular formula is C19H17NO6. The number of nitriles is 1. The summed E-state index contributed by atoms with van der Waals surface area (Å²) >= 11 is 0. The fourth-order valence-corrected chi connectivity index (χ4v) is 2.61. The first-order valence-electron chi connectivity index (χ1n) is 7.97. The van der Waals surface area contributed by atoms with E-state index in [0.717, 1.165) is 0 Å². The number of aliphatic hydroxyl groups is 3. The quantitative estimate of drug-likeness (QED) is 0.687. The molecule has 1 fully saturated rings. The van der Waals surface area contributed by atoms with E-state index in [1.54, 1.807) is 36.4 Å². The average molecular weight is 355 g/mol. The first-order chi connectivity index (χ1) is 12.5. The zero-order valence-corrected chi connectivity index (χ0v) is 13.6. The lowest BCUT2D eigenvalue weighted by atomic mass is 10.0. The average Bonchev–Trinajstić information content (AvgIpc) is 2.68. The van der Waals surface area contributed by atoms with Gasteiger partial charge in [-0.3, -0.25) is 4.79 Å². The molecule has 0 spiro atoms. The van der Waals surface area contributed by atoms with Gasteiger partial charge in [-0.2, -0.15) is 5.26 Å². The minimum Gasteiger partial charge on any atom is -0.482 e. The maximum absolute atomic E-state index is 12.4. The molecule has 1 saturated heterocycles. The van der Waals surface area contributed by atoms with Crippen LogP contribution in [0.15, 0.2) is 48.5 Å². The Morgan fingerprint density at radius 1 is 1.04 bits per heavy atom. The van der Waals surface area contributed by atoms with Gasteiger partial charge in [0.15, 0.2) is 18.2 Å². The van der Waals surface area contributed by atoms with Gasteiger partial charge in [0.05, 0.1) is 18.2 Å². The lowest BCUT2D eigenvalue weighted by Crippen LogP contribution is -2.55. The van der Waals surface area contributed by atoms with Crippen molar-refractivity contribution in [3.05, 3.63) is 65.2 Å². The van der Waals surface area contributed by atoms with Crippen molar-refractivity contribution in [2.24, 2.45) is 0 Å². The van der Waals surface area contributed by atoms with Gasteiger partial charge in [0.1, 0.15) is 18.0 Å². The topological polar surface area (TPSA) is 120 Å². The summed E-state index contributed by atoms with van der Waals surface area (Å²) in [6.45, 7) is -0.180. The highest BCUT2D eigenvalue weighted by Crippen LogP contribution is 2.22. The van der Waals surface area contributed by atoms with Crippen molar-refractivity contribution in [2.75, 3.05) is 6.61 Å². The summed E-state index contributed by atoms with van der Waals surface area (Å²) in [7, 11) is 0. The standard InChI is InChI=1S/C19H17NO6/c20-9-11-1-3-12(4-2-11)16(22)13-5-7-14(8-6-13)26-18-17(23)15(21)10-25-19(18)24/h1-8,15,17-19,21,23-24H,10H2/t15-,17-,18+,19+/m1/s1. The fourth-order valence-electron chi connectivity index (χ4n) is 2.61. The molecule has 0 aromatic heterocycles. The van der Waals surface area contributed by atoms with Gasteiger partial charge >= 0.3 is 0 Å². The van der Waals surface area contributed by atoms with Crippen LogP contribution in [0.3, 0.4) is 0 Å². The second kappa shape index (κ2) is 7.64. The van der Waals surface area contributed by atoms with Gasteiger partial charge in [-0.05, 0) is 48.5 Å². The summed E-state index contributed by atoms with van der Waals surface area (Å²) in [6.07, 6.45) is -4.95. The van der Waals surface area contributed by atoms with Crippen LogP contribution >= 0.6 is 0 Å². The lowest BCUT2D eigenvalue weighted by Gasteiger charge is -2.35. The highest BCUT2D eigenvalue weighted by atomic mass is 16.6. The Morgan fingerprint density at radius 2 is 1.62 bits per heavy atom. The van der Waals surface area contributed by atoms with Crippen LogP contribution in [0.5, 0.6) is 5.75 Å². The van der Waals surface area contributed by atoms with E-state index in [-0.39, 0.29) is 12.4 Å². The van der Waals surface area contributed by atoms with E-state index >= 15 is 0 Å². The smallest absolute Gasteiger partial charge is 0.195 e. The Morgan fingerprint density at radius 3 is 2.19 bits per heavy atom. The number of ketones is 1. The molecule has 3 rings (SSSR count). The van der Waals surface area contributed by atoms with Crippen LogP contribution in [0.4, 0.5) is 0 Å². The third-order valence-electron chi connectivity index (χ3n) is 4.11. The molecule has 0 unspecified atom stereocenters. The molecule has 1 heterocycles. The molecule has 2 aromatic carbocycles. The molecule has 3 N–H and O–H groups in total. The Kier molecular flexibility index (Phi) is 5.30. The highest BCUT2D eigenvalue weighted by Gasteiger charge is 2.39. The van der Waals surface area contributed by atoms with E-state index in [1.807, 2.05) is 6.07 Å². The lowest BCUT2D eigenvalue weighted by molar-refractivity contribution is -0.244. The SMILES string of the molecule is N#Cc1ccc(C(=O)c2ccc(O[C@H]3[C@H](O)[C@H](O)CO[C@@H]3O)cc2)cc1. The number of hydrogen-bond donors (Lipinski definition) is 3. The monoisotopic (exact) mass is 355 g/mol. The summed E-state index contributed by atoms with van der Waals surface area (Å²) in [5.74, 6) is 0.0970. The van der Waals surface area contributed by atoms with Crippen LogP contribution in [0.25, 0.3) is 0 Å². The zero-order chi connectivity index (χ0) is 18.7. The molecule has 1 aliphatic heterocycles. The van der Waals surface area contributed by atoms with E-state index in [0.29, 0.717) is 22.4 Å². The molecular weight excluding hydrogens is 338 g/mol. The zero-order valence-electron chi connectivity index (χ0n) is 13.6. The maximum atomic E-state index is 12.4. The largest absolute Gasteiger partial charge is 0.482 e. The van der Waals surface area contributed by atoms with Gasteiger partial charge in [0.2, 0.25) is 0 Å². The Bertz CT molecular complexity index is 811. The van der Waals surface area contributed by atoms with Crippen LogP contribution in [0, 0.1) is 11.3 Å². The first-order valence-corrected chi connectivity index (χ1v) is 7.97. The third kappa shape index (κ3) is 3.74. The predicted molar refractivity (Wildman–Crippen MR) is 89.4 cm³/mol. The summed E-state index contributed by atoms with van der Waals surface area (Å²) in [5.41, 5.74) is 1.34. The van der Waals surface area contributed by atoms with E-state index in [2.05, 4.69) is 0 Å². The van der Waals surface area contributed by atoms with Crippen LogP contribution in [-0.4, -0.2) is 52.3 Å². The number of ether oxygens (including phenoxy) is 2. The number of carbonyl (C=O) groups is 1. The molecule has 0 bridgehead atoms. The molecule has 134 valence electrons. The molecule has 7 nitrogen and oxygen atoms in total. The second-order valence-electron chi connectivity index (χ2n) is 5.91. The number of nitrogens with zero attached hydrogens (tertiary/aromatic N) is 1. The van der Waals surface area contributed by atoms with Crippen molar-refractivity contribution in [2.45, 2.75) is 24.6 Å². The molecule has 1 aliphatic rings. The Labute approximate surface area is 149 Å². The highest BCUT2D eigenvalue weighted by molar-refractivity contribution is 6.09. The van der Waals surface area contributed by atoms with Crippen LogP contribution in [-0.2, 0) is 4.74 Å². The molecule has 2 aromatic rings. The Hall–Kier alpha value is -2.76. The predicted octanol–water partition coefficient (Wildman–Crippen LogP) is 0.607. The fraction of sp³-hybridized carbons (Fsp3) is 0.263. The molecule has 0 aliphatic carbocycles. The van der Waals surface area contributed by atoms with Crippen LogP contribution in [0.2, 0.25) is 0 Å². The van der Waals surface area contributed by atoms with Gasteiger partial charge in [0.25, 0.3) is 0 Å². The van der Waals surface area contributed by atoms with Gasteiger partial charge in [0, 0.05) is 11.1 Å². The molecule has 0 saturated carbocycles. The van der Waals surface area contributed by atoms with Crippen molar-refractivity contribution in [1.29, 1.82) is 5.26 Å². The van der Waals surface area contributed by atoms with Crippen molar-refractivity contribution in [1.82, 2.24) is 0 Å². The second-order valence-corrected chi connectivity index (χ2v) is 5.91. The molecule has 4 atom stereocenters. The summed E-state index contributed by atoms with van der Waals surface area (Å²) < 4.78 is 10.4.